The molecule has 0 saturated heterocycles. The third-order valence-electron chi connectivity index (χ3n) is 3.85. The van der Waals surface area contributed by atoms with Crippen LogP contribution in [0.5, 0.6) is 11.5 Å². The van der Waals surface area contributed by atoms with Crippen LogP contribution < -0.4 is 14.8 Å². The second-order valence-corrected chi connectivity index (χ2v) is 5.55. The number of ether oxygens (including phenoxy) is 2. The van der Waals surface area contributed by atoms with Crippen molar-refractivity contribution >= 4 is 10.9 Å². The van der Waals surface area contributed by atoms with E-state index in [2.05, 4.69) is 27.2 Å². The molecule has 0 aliphatic carbocycles. The Balaban J connectivity index is 1.66. The summed E-state index contributed by atoms with van der Waals surface area (Å²) >= 11 is 0. The van der Waals surface area contributed by atoms with E-state index in [0.717, 1.165) is 11.1 Å². The Bertz CT molecular complexity index is 833. The van der Waals surface area contributed by atoms with Crippen LogP contribution in [0.1, 0.15) is 18.1 Å². The van der Waals surface area contributed by atoms with Crippen LogP contribution in [0, 0.1) is 0 Å². The van der Waals surface area contributed by atoms with E-state index < -0.39 is 6.61 Å². The number of hydrogen-bond acceptors (Lipinski definition) is 3. The summed E-state index contributed by atoms with van der Waals surface area (Å²) in [5, 5.41) is 4.56. The second kappa shape index (κ2) is 7.98. The van der Waals surface area contributed by atoms with Crippen molar-refractivity contribution in [3.63, 3.8) is 0 Å². The lowest BCUT2D eigenvalue weighted by Gasteiger charge is -2.13. The van der Waals surface area contributed by atoms with Crippen molar-refractivity contribution in [3.05, 3.63) is 59.8 Å². The molecule has 25 heavy (non-hydrogen) atoms. The molecule has 4 nitrogen and oxygen atoms in total. The molecule has 0 bridgehead atoms. The highest BCUT2D eigenvalue weighted by Gasteiger charge is 2.11. The standard InChI is InChI=1S/C19H20F2N2O2/c1-2-24-18-10-13(6-7-17(18)25-19(20)21)11-22-12-14-4-3-5-16-15(14)8-9-23-16/h3-10,19,22-23H,2,11-12H2,1H3. The summed E-state index contributed by atoms with van der Waals surface area (Å²) in [6.45, 7) is 0.607. The van der Waals surface area contributed by atoms with Gasteiger partial charge in [-0.3, -0.25) is 0 Å². The Morgan fingerprint density at radius 2 is 1.96 bits per heavy atom. The van der Waals surface area contributed by atoms with Crippen molar-refractivity contribution in [2.45, 2.75) is 26.6 Å². The SMILES string of the molecule is CCOc1cc(CNCc2cccc3[nH]ccc23)ccc1OC(F)F. The number of hydrogen-bond donors (Lipinski definition) is 2. The summed E-state index contributed by atoms with van der Waals surface area (Å²) < 4.78 is 34.8. The summed E-state index contributed by atoms with van der Waals surface area (Å²) in [7, 11) is 0. The highest BCUT2D eigenvalue weighted by Crippen LogP contribution is 2.30. The van der Waals surface area contributed by atoms with E-state index in [-0.39, 0.29) is 5.75 Å². The second-order valence-electron chi connectivity index (χ2n) is 5.55. The lowest BCUT2D eigenvalue weighted by molar-refractivity contribution is -0.0514. The molecular weight excluding hydrogens is 326 g/mol. The van der Waals surface area contributed by atoms with Gasteiger partial charge in [0.2, 0.25) is 0 Å². The number of rotatable bonds is 8. The molecule has 3 aromatic rings. The van der Waals surface area contributed by atoms with E-state index in [4.69, 9.17) is 4.74 Å². The van der Waals surface area contributed by atoms with Gasteiger partial charge in [-0.05, 0) is 42.3 Å². The van der Waals surface area contributed by atoms with Crippen molar-refractivity contribution in [2.24, 2.45) is 0 Å². The zero-order valence-electron chi connectivity index (χ0n) is 13.9. The fourth-order valence-corrected chi connectivity index (χ4v) is 2.77. The molecule has 0 atom stereocenters. The van der Waals surface area contributed by atoms with E-state index in [1.165, 1.54) is 17.0 Å². The maximum absolute atomic E-state index is 12.4. The molecule has 0 aliphatic heterocycles. The van der Waals surface area contributed by atoms with Gasteiger partial charge < -0.3 is 19.8 Å². The number of aromatic amines is 1. The first-order valence-electron chi connectivity index (χ1n) is 8.13. The van der Waals surface area contributed by atoms with Gasteiger partial charge in [0, 0.05) is 30.2 Å². The summed E-state index contributed by atoms with van der Waals surface area (Å²) in [4.78, 5) is 3.19. The smallest absolute Gasteiger partial charge is 0.387 e. The number of nitrogens with one attached hydrogen (secondary N) is 2. The predicted octanol–water partition coefficient (Wildman–Crippen LogP) is 4.46. The van der Waals surface area contributed by atoms with Gasteiger partial charge in [0.25, 0.3) is 0 Å². The van der Waals surface area contributed by atoms with Gasteiger partial charge in [0.1, 0.15) is 0 Å². The predicted molar refractivity (Wildman–Crippen MR) is 93.1 cm³/mol. The van der Waals surface area contributed by atoms with Crippen LogP contribution in [0.3, 0.4) is 0 Å². The molecule has 3 rings (SSSR count). The van der Waals surface area contributed by atoms with Crippen LogP contribution in [0.2, 0.25) is 0 Å². The molecule has 132 valence electrons. The summed E-state index contributed by atoms with van der Waals surface area (Å²) in [5.74, 6) is 0.382. The molecule has 0 aliphatic rings. The van der Waals surface area contributed by atoms with Gasteiger partial charge in [-0.2, -0.15) is 8.78 Å². The van der Waals surface area contributed by atoms with E-state index in [0.29, 0.717) is 25.4 Å². The fraction of sp³-hybridized carbons (Fsp3) is 0.263. The third-order valence-corrected chi connectivity index (χ3v) is 3.85. The minimum absolute atomic E-state index is 0.0534. The third kappa shape index (κ3) is 4.28. The highest BCUT2D eigenvalue weighted by molar-refractivity contribution is 5.82. The molecule has 0 spiro atoms. The lowest BCUT2D eigenvalue weighted by atomic mass is 10.1. The first-order chi connectivity index (χ1) is 12.2. The topological polar surface area (TPSA) is 46.3 Å². The van der Waals surface area contributed by atoms with E-state index in [1.807, 2.05) is 18.3 Å². The monoisotopic (exact) mass is 346 g/mol. The zero-order valence-corrected chi connectivity index (χ0v) is 13.9. The zero-order chi connectivity index (χ0) is 17.6. The Labute approximate surface area is 144 Å². The van der Waals surface area contributed by atoms with E-state index >= 15 is 0 Å². The van der Waals surface area contributed by atoms with E-state index in [1.54, 1.807) is 19.1 Å². The van der Waals surface area contributed by atoms with Gasteiger partial charge in [-0.1, -0.05) is 18.2 Å². The number of halogens is 2. The van der Waals surface area contributed by atoms with Crippen LogP contribution in [0.15, 0.2) is 48.7 Å². The first kappa shape index (κ1) is 17.2. The number of benzene rings is 2. The Morgan fingerprint density at radius 3 is 2.76 bits per heavy atom. The van der Waals surface area contributed by atoms with Crippen molar-refractivity contribution in [1.29, 1.82) is 0 Å². The summed E-state index contributed by atoms with van der Waals surface area (Å²) in [5.41, 5.74) is 3.24. The van der Waals surface area contributed by atoms with Crippen molar-refractivity contribution in [3.8, 4) is 11.5 Å². The van der Waals surface area contributed by atoms with Gasteiger partial charge in [-0.25, -0.2) is 0 Å². The molecule has 0 saturated carbocycles. The Morgan fingerprint density at radius 1 is 1.08 bits per heavy atom. The molecule has 6 heteroatoms. The van der Waals surface area contributed by atoms with Crippen LogP contribution in [0.4, 0.5) is 8.78 Å². The van der Waals surface area contributed by atoms with Gasteiger partial charge >= 0.3 is 6.61 Å². The Hall–Kier alpha value is -2.60. The number of alkyl halides is 2. The number of aromatic nitrogens is 1. The largest absolute Gasteiger partial charge is 0.490 e. The van der Waals surface area contributed by atoms with Crippen LogP contribution in [0.25, 0.3) is 10.9 Å². The molecule has 0 radical (unpaired) electrons. The van der Waals surface area contributed by atoms with Crippen molar-refractivity contribution in [2.75, 3.05) is 6.61 Å². The maximum atomic E-state index is 12.4. The van der Waals surface area contributed by atoms with Gasteiger partial charge in [-0.15, -0.1) is 0 Å². The van der Waals surface area contributed by atoms with Gasteiger partial charge in [0.15, 0.2) is 11.5 Å². The maximum Gasteiger partial charge on any atom is 0.387 e. The molecule has 0 fully saturated rings. The van der Waals surface area contributed by atoms with Gasteiger partial charge in [0.05, 0.1) is 6.61 Å². The average molecular weight is 346 g/mol. The minimum Gasteiger partial charge on any atom is -0.490 e. The van der Waals surface area contributed by atoms with Crippen molar-refractivity contribution < 1.29 is 18.3 Å². The lowest BCUT2D eigenvalue weighted by Crippen LogP contribution is -2.13. The minimum atomic E-state index is -2.87. The fourth-order valence-electron chi connectivity index (χ4n) is 2.77. The molecule has 1 aromatic heterocycles. The van der Waals surface area contributed by atoms with Crippen LogP contribution >= 0.6 is 0 Å². The molecule has 2 N–H and O–H groups in total. The first-order valence-corrected chi connectivity index (χ1v) is 8.13. The molecular formula is C19H20F2N2O2. The quantitative estimate of drug-likeness (QED) is 0.633. The number of H-pyrrole nitrogens is 1. The average Bonchev–Trinajstić information content (AvgIpc) is 3.06. The van der Waals surface area contributed by atoms with Crippen LogP contribution in [-0.4, -0.2) is 18.2 Å². The van der Waals surface area contributed by atoms with E-state index in [9.17, 15) is 8.78 Å². The molecule has 2 aromatic carbocycles. The summed E-state index contributed by atoms with van der Waals surface area (Å²) in [6, 6.07) is 13.2. The summed E-state index contributed by atoms with van der Waals surface area (Å²) in [6.07, 6.45) is 1.92. The van der Waals surface area contributed by atoms with Crippen molar-refractivity contribution in [1.82, 2.24) is 10.3 Å². The van der Waals surface area contributed by atoms with Crippen LogP contribution in [-0.2, 0) is 13.1 Å². The normalized spacial score (nSPS) is 11.2. The molecule has 0 amide bonds. The molecule has 0 unspecified atom stereocenters. The number of fused-ring (bicyclic) bond motifs is 1. The Kier molecular flexibility index (Phi) is 5.50. The molecule has 1 heterocycles. The highest BCUT2D eigenvalue weighted by atomic mass is 19.3.